The highest BCUT2D eigenvalue weighted by atomic mass is 16.5. The quantitative estimate of drug-likeness (QED) is 0.204. The molecule has 0 aliphatic carbocycles. The molecule has 0 radical (unpaired) electrons. The van der Waals surface area contributed by atoms with Crippen LogP contribution in [0.3, 0.4) is 0 Å². The number of nitrogens with zero attached hydrogens (tertiary/aromatic N) is 3. The fourth-order valence-electron chi connectivity index (χ4n) is 3.01. The molecule has 2 amide bonds. The molecule has 36 heavy (non-hydrogen) atoms. The van der Waals surface area contributed by atoms with Gasteiger partial charge in [0.2, 0.25) is 5.91 Å². The van der Waals surface area contributed by atoms with E-state index in [1.54, 1.807) is 38.6 Å². The summed E-state index contributed by atoms with van der Waals surface area (Å²) in [5.74, 6) is 1.46. The Morgan fingerprint density at radius 2 is 1.53 bits per heavy atom. The minimum atomic E-state index is -0.376. The van der Waals surface area contributed by atoms with Crippen molar-refractivity contribution in [3.63, 3.8) is 0 Å². The summed E-state index contributed by atoms with van der Waals surface area (Å²) in [5.41, 5.74) is 6.96. The van der Waals surface area contributed by atoms with Crippen molar-refractivity contribution in [2.24, 2.45) is 10.2 Å². The second kappa shape index (κ2) is 13.9. The summed E-state index contributed by atoms with van der Waals surface area (Å²) >= 11 is 0. The maximum Gasteiger partial charge on any atom is 0.272 e. The van der Waals surface area contributed by atoms with Crippen LogP contribution in [-0.2, 0) is 4.79 Å². The number of benzene rings is 2. The first-order valence-corrected chi connectivity index (χ1v) is 11.2. The molecule has 10 heteroatoms. The molecule has 0 bridgehead atoms. The summed E-state index contributed by atoms with van der Waals surface area (Å²) in [7, 11) is 3.18. The van der Waals surface area contributed by atoms with Gasteiger partial charge in [0.05, 0.1) is 32.2 Å². The van der Waals surface area contributed by atoms with E-state index in [2.05, 4.69) is 31.4 Å². The number of amides is 2. The molecule has 0 unspecified atom stereocenters. The lowest BCUT2D eigenvalue weighted by Gasteiger charge is -2.06. The Morgan fingerprint density at radius 3 is 2.11 bits per heavy atom. The van der Waals surface area contributed by atoms with Crippen LogP contribution in [0, 0.1) is 0 Å². The van der Waals surface area contributed by atoms with Crippen molar-refractivity contribution >= 4 is 30.1 Å². The van der Waals surface area contributed by atoms with Crippen LogP contribution >= 0.6 is 0 Å². The number of methoxy groups -OCH3 is 2. The van der Waals surface area contributed by atoms with Crippen molar-refractivity contribution < 1.29 is 19.1 Å². The number of pyridine rings is 1. The van der Waals surface area contributed by atoms with Gasteiger partial charge in [-0.15, -0.1) is 0 Å². The summed E-state index contributed by atoms with van der Waals surface area (Å²) in [6.45, 7) is 0.538. The molecule has 3 N–H and O–H groups in total. The molecule has 1 aromatic heterocycles. The van der Waals surface area contributed by atoms with E-state index in [0.717, 1.165) is 16.9 Å². The third-order valence-electron chi connectivity index (χ3n) is 4.88. The monoisotopic (exact) mass is 488 g/mol. The Labute approximate surface area is 209 Å². The molecule has 0 saturated carbocycles. The molecule has 0 fully saturated rings. The van der Waals surface area contributed by atoms with Crippen LogP contribution in [0.15, 0.2) is 77.1 Å². The van der Waals surface area contributed by atoms with E-state index < -0.39 is 0 Å². The molecular formula is C26H28N6O4. The standard InChI is InChI=1S/C26H28N6O4/c1-35-22-8-3-6-19(14-22)16-29-31-25(33)10-5-13-27-24-12-11-21(18-28-24)26(34)32-30-17-20-7-4-9-23(15-20)36-2/h3-4,6-9,11-12,14-18H,5,10,13H2,1-2H3,(H,27,28)(H,31,33)(H,32,34). The van der Waals surface area contributed by atoms with Gasteiger partial charge in [0, 0.05) is 19.2 Å². The van der Waals surface area contributed by atoms with E-state index in [1.165, 1.54) is 12.4 Å². The number of hydrazone groups is 2. The molecule has 10 nitrogen and oxygen atoms in total. The third-order valence-corrected chi connectivity index (χ3v) is 4.88. The number of hydrogen-bond acceptors (Lipinski definition) is 8. The largest absolute Gasteiger partial charge is 0.497 e. The number of carbonyl (C=O) groups is 2. The normalized spacial score (nSPS) is 10.8. The average Bonchev–Trinajstić information content (AvgIpc) is 2.91. The van der Waals surface area contributed by atoms with E-state index in [0.29, 0.717) is 36.5 Å². The highest BCUT2D eigenvalue weighted by Crippen LogP contribution is 2.11. The lowest BCUT2D eigenvalue weighted by atomic mass is 10.2. The number of aromatic nitrogens is 1. The fraction of sp³-hybridized carbons (Fsp3) is 0.192. The van der Waals surface area contributed by atoms with Crippen LogP contribution < -0.4 is 25.6 Å². The van der Waals surface area contributed by atoms with Gasteiger partial charge in [0.15, 0.2) is 0 Å². The van der Waals surface area contributed by atoms with Gasteiger partial charge in [0.1, 0.15) is 17.3 Å². The van der Waals surface area contributed by atoms with E-state index in [1.807, 2.05) is 42.5 Å². The predicted molar refractivity (Wildman–Crippen MR) is 139 cm³/mol. The fourth-order valence-corrected chi connectivity index (χ4v) is 3.01. The SMILES string of the molecule is COc1cccc(C=NNC(=O)CCCNc2ccc(C(=O)NN=Cc3cccc(OC)c3)cn2)c1. The maximum atomic E-state index is 12.2. The number of ether oxygens (including phenoxy) is 2. The molecular weight excluding hydrogens is 460 g/mol. The zero-order valence-corrected chi connectivity index (χ0v) is 20.1. The van der Waals surface area contributed by atoms with Gasteiger partial charge >= 0.3 is 0 Å². The minimum Gasteiger partial charge on any atom is -0.497 e. The molecule has 3 rings (SSSR count). The Kier molecular flexibility index (Phi) is 9.96. The predicted octanol–water partition coefficient (Wildman–Crippen LogP) is 3.21. The van der Waals surface area contributed by atoms with Gasteiger partial charge < -0.3 is 14.8 Å². The van der Waals surface area contributed by atoms with Gasteiger partial charge in [-0.25, -0.2) is 15.8 Å². The van der Waals surface area contributed by atoms with E-state index in [-0.39, 0.29) is 11.8 Å². The van der Waals surface area contributed by atoms with Crippen molar-refractivity contribution in [1.29, 1.82) is 0 Å². The van der Waals surface area contributed by atoms with Gasteiger partial charge in [-0.2, -0.15) is 10.2 Å². The highest BCUT2D eigenvalue weighted by molar-refractivity contribution is 5.94. The highest BCUT2D eigenvalue weighted by Gasteiger charge is 2.05. The summed E-state index contributed by atoms with van der Waals surface area (Å²) in [6.07, 6.45) is 5.44. The number of hydrogen-bond donors (Lipinski definition) is 3. The number of anilines is 1. The van der Waals surface area contributed by atoms with Gasteiger partial charge in [-0.1, -0.05) is 24.3 Å². The molecule has 186 valence electrons. The zero-order chi connectivity index (χ0) is 25.6. The van der Waals surface area contributed by atoms with Crippen molar-refractivity contribution in [2.45, 2.75) is 12.8 Å². The molecule has 0 spiro atoms. The smallest absolute Gasteiger partial charge is 0.272 e. The Balaban J connectivity index is 1.35. The topological polar surface area (TPSA) is 126 Å². The maximum absolute atomic E-state index is 12.2. The molecule has 0 atom stereocenters. The molecule has 0 aliphatic rings. The van der Waals surface area contributed by atoms with E-state index in [4.69, 9.17) is 9.47 Å². The van der Waals surface area contributed by atoms with Crippen LogP contribution in [-0.4, -0.2) is 50.0 Å². The van der Waals surface area contributed by atoms with Gasteiger partial charge in [-0.05, 0) is 53.9 Å². The molecule has 3 aromatic rings. The van der Waals surface area contributed by atoms with Crippen LogP contribution in [0.5, 0.6) is 11.5 Å². The molecule has 1 heterocycles. The Morgan fingerprint density at radius 1 is 0.889 bits per heavy atom. The van der Waals surface area contributed by atoms with Crippen molar-refractivity contribution in [3.05, 3.63) is 83.6 Å². The van der Waals surface area contributed by atoms with Crippen molar-refractivity contribution in [1.82, 2.24) is 15.8 Å². The summed E-state index contributed by atoms with van der Waals surface area (Å²) in [4.78, 5) is 28.4. The Hall–Kier alpha value is -4.73. The molecule has 0 saturated heterocycles. The lowest BCUT2D eigenvalue weighted by Crippen LogP contribution is -2.19. The average molecular weight is 489 g/mol. The number of nitrogens with one attached hydrogen (secondary N) is 3. The van der Waals surface area contributed by atoms with Crippen LogP contribution in [0.1, 0.15) is 34.3 Å². The first-order chi connectivity index (χ1) is 17.6. The number of carbonyl (C=O) groups excluding carboxylic acids is 2. The van der Waals surface area contributed by atoms with Gasteiger partial charge in [-0.3, -0.25) is 9.59 Å². The first-order valence-electron chi connectivity index (χ1n) is 11.2. The van der Waals surface area contributed by atoms with Crippen molar-refractivity contribution in [3.8, 4) is 11.5 Å². The van der Waals surface area contributed by atoms with E-state index >= 15 is 0 Å². The van der Waals surface area contributed by atoms with E-state index in [9.17, 15) is 9.59 Å². The van der Waals surface area contributed by atoms with Crippen LogP contribution in [0.25, 0.3) is 0 Å². The second-order valence-electron chi connectivity index (χ2n) is 7.51. The molecule has 2 aromatic carbocycles. The molecule has 0 aliphatic heterocycles. The van der Waals surface area contributed by atoms with Gasteiger partial charge in [0.25, 0.3) is 5.91 Å². The lowest BCUT2D eigenvalue weighted by molar-refractivity contribution is -0.121. The minimum absolute atomic E-state index is 0.189. The van der Waals surface area contributed by atoms with Crippen molar-refractivity contribution in [2.75, 3.05) is 26.1 Å². The second-order valence-corrected chi connectivity index (χ2v) is 7.51. The summed E-state index contributed by atoms with van der Waals surface area (Å²) in [5, 5.41) is 11.0. The Bertz CT molecular complexity index is 1210. The third kappa shape index (κ3) is 8.56. The summed E-state index contributed by atoms with van der Waals surface area (Å²) in [6, 6.07) is 18.0. The summed E-state index contributed by atoms with van der Waals surface area (Å²) < 4.78 is 10.3. The van der Waals surface area contributed by atoms with Crippen LogP contribution in [0.4, 0.5) is 5.82 Å². The number of rotatable bonds is 12. The van der Waals surface area contributed by atoms with Crippen LogP contribution in [0.2, 0.25) is 0 Å². The zero-order valence-electron chi connectivity index (χ0n) is 20.1. The first kappa shape index (κ1) is 25.9.